The van der Waals surface area contributed by atoms with Crippen LogP contribution in [0.5, 0.6) is 0 Å². The van der Waals surface area contributed by atoms with Crippen LogP contribution in [0.1, 0.15) is 37.2 Å². The maximum absolute atomic E-state index is 14.0. The van der Waals surface area contributed by atoms with Crippen LogP contribution in [-0.2, 0) is 9.59 Å². The first-order chi connectivity index (χ1) is 11.0. The summed E-state index contributed by atoms with van der Waals surface area (Å²) >= 11 is 0. The predicted octanol–water partition coefficient (Wildman–Crippen LogP) is 2.26. The quantitative estimate of drug-likeness (QED) is 0.838. The highest BCUT2D eigenvalue weighted by Crippen LogP contribution is 2.38. The third-order valence-corrected chi connectivity index (χ3v) is 4.31. The zero-order valence-electron chi connectivity index (χ0n) is 12.6. The predicted molar refractivity (Wildman–Crippen MR) is 80.9 cm³/mol. The van der Waals surface area contributed by atoms with Crippen molar-refractivity contribution >= 4 is 17.5 Å². The van der Waals surface area contributed by atoms with Crippen LogP contribution >= 0.6 is 0 Å². The number of rotatable bonds is 3. The van der Waals surface area contributed by atoms with Gasteiger partial charge in [-0.1, -0.05) is 12.1 Å². The lowest BCUT2D eigenvalue weighted by molar-refractivity contribution is -0.146. The molecule has 1 unspecified atom stereocenters. The summed E-state index contributed by atoms with van der Waals surface area (Å²) in [6, 6.07) is 6.52. The number of hydrogen-bond donors (Lipinski definition) is 2. The lowest BCUT2D eigenvalue weighted by Gasteiger charge is -2.32. The minimum absolute atomic E-state index is 0.268. The summed E-state index contributed by atoms with van der Waals surface area (Å²) in [6.07, 6.45) is 1.61. The maximum Gasteiger partial charge on any atom is 0.267 e. The minimum atomic E-state index is -2.77. The number of anilines is 1. The zero-order chi connectivity index (χ0) is 16.4. The van der Waals surface area contributed by atoms with Gasteiger partial charge in [-0.05, 0) is 37.1 Å². The minimum Gasteiger partial charge on any atom is -0.311 e. The molecule has 1 aromatic carbocycles. The third kappa shape index (κ3) is 3.34. The molecule has 23 heavy (non-hydrogen) atoms. The van der Waals surface area contributed by atoms with Crippen molar-refractivity contribution < 1.29 is 18.4 Å². The third-order valence-electron chi connectivity index (χ3n) is 4.31. The fourth-order valence-corrected chi connectivity index (χ4v) is 3.04. The molecule has 0 spiro atoms. The molecule has 0 bridgehead atoms. The van der Waals surface area contributed by atoms with Gasteiger partial charge in [0.1, 0.15) is 0 Å². The van der Waals surface area contributed by atoms with Crippen LogP contribution in [0.2, 0.25) is 0 Å². The van der Waals surface area contributed by atoms with E-state index >= 15 is 0 Å². The Hall–Kier alpha value is -2.02. The van der Waals surface area contributed by atoms with E-state index in [0.29, 0.717) is 43.5 Å². The van der Waals surface area contributed by atoms with E-state index in [4.69, 9.17) is 0 Å². The Morgan fingerprint density at radius 1 is 1.13 bits per heavy atom. The van der Waals surface area contributed by atoms with Crippen molar-refractivity contribution in [2.24, 2.45) is 0 Å². The van der Waals surface area contributed by atoms with Gasteiger partial charge in [0, 0.05) is 12.8 Å². The van der Waals surface area contributed by atoms with Gasteiger partial charge in [0.2, 0.25) is 11.8 Å². The van der Waals surface area contributed by atoms with Gasteiger partial charge in [0.25, 0.3) is 5.92 Å². The summed E-state index contributed by atoms with van der Waals surface area (Å²) in [5.41, 5.74) is 3.87. The van der Waals surface area contributed by atoms with Gasteiger partial charge in [-0.3, -0.25) is 15.0 Å². The lowest BCUT2D eigenvalue weighted by Crippen LogP contribution is -2.44. The van der Waals surface area contributed by atoms with E-state index in [1.165, 1.54) is 0 Å². The monoisotopic (exact) mass is 323 g/mol. The lowest BCUT2D eigenvalue weighted by atomic mass is 9.87. The Kier molecular flexibility index (Phi) is 4.30. The molecule has 2 N–H and O–H groups in total. The van der Waals surface area contributed by atoms with Gasteiger partial charge in [0.15, 0.2) is 0 Å². The van der Waals surface area contributed by atoms with Gasteiger partial charge in [0.05, 0.1) is 18.2 Å². The van der Waals surface area contributed by atoms with Crippen LogP contribution < -0.4 is 10.7 Å². The molecule has 2 aliphatic rings. The van der Waals surface area contributed by atoms with Crippen molar-refractivity contribution in [1.82, 2.24) is 10.3 Å². The van der Waals surface area contributed by atoms with Gasteiger partial charge >= 0.3 is 0 Å². The zero-order valence-corrected chi connectivity index (χ0v) is 12.6. The molecule has 0 aromatic heterocycles. The first kappa shape index (κ1) is 15.9. The number of hydrogen-bond acceptors (Lipinski definition) is 4. The summed E-state index contributed by atoms with van der Waals surface area (Å²) in [5.74, 6) is -4.12. The summed E-state index contributed by atoms with van der Waals surface area (Å²) in [5, 5.41) is 3.72. The maximum atomic E-state index is 14.0. The number of amides is 2. The van der Waals surface area contributed by atoms with Crippen LogP contribution in [0.4, 0.5) is 14.5 Å². The van der Waals surface area contributed by atoms with Gasteiger partial charge < -0.3 is 5.32 Å². The van der Waals surface area contributed by atoms with Crippen LogP contribution in [0.3, 0.4) is 0 Å². The summed E-state index contributed by atoms with van der Waals surface area (Å²) < 4.78 is 27.9. The number of benzene rings is 1. The molecule has 5 nitrogen and oxygen atoms in total. The highest BCUT2D eigenvalue weighted by atomic mass is 19.3. The van der Waals surface area contributed by atoms with Crippen molar-refractivity contribution in [1.29, 1.82) is 0 Å². The molecule has 7 heteroatoms. The first-order valence-electron chi connectivity index (χ1n) is 7.78. The second kappa shape index (κ2) is 6.23. The Morgan fingerprint density at radius 2 is 1.78 bits per heavy atom. The van der Waals surface area contributed by atoms with E-state index in [0.717, 1.165) is 5.01 Å². The highest BCUT2D eigenvalue weighted by Gasteiger charge is 2.42. The number of nitrogens with zero attached hydrogens (tertiary/aromatic N) is 1. The van der Waals surface area contributed by atoms with E-state index in [2.05, 4.69) is 10.7 Å². The number of carbonyl (C=O) groups excluding carboxylic acids is 2. The van der Waals surface area contributed by atoms with Crippen LogP contribution in [0.15, 0.2) is 24.3 Å². The fraction of sp³-hybridized carbons (Fsp3) is 0.500. The van der Waals surface area contributed by atoms with E-state index in [1.54, 1.807) is 24.3 Å². The molecule has 124 valence electrons. The van der Waals surface area contributed by atoms with E-state index in [9.17, 15) is 18.4 Å². The summed E-state index contributed by atoms with van der Waals surface area (Å²) in [7, 11) is 0. The van der Waals surface area contributed by atoms with Gasteiger partial charge in [-0.2, -0.15) is 5.01 Å². The summed E-state index contributed by atoms with van der Waals surface area (Å²) in [4.78, 5) is 23.5. The van der Waals surface area contributed by atoms with E-state index < -0.39 is 11.8 Å². The van der Waals surface area contributed by atoms with Crippen molar-refractivity contribution in [2.45, 2.75) is 37.5 Å². The van der Waals surface area contributed by atoms with Crippen LogP contribution in [-0.4, -0.2) is 35.8 Å². The Labute approximate surface area is 133 Å². The molecule has 0 radical (unpaired) electrons. The van der Waals surface area contributed by atoms with Gasteiger partial charge in [-0.25, -0.2) is 8.78 Å². The number of halogens is 2. The molecule has 0 aliphatic carbocycles. The number of nitrogens with one attached hydrogen (secondary N) is 2. The molecular formula is C16H19F2N3O2. The number of alkyl halides is 2. The molecule has 3 rings (SSSR count). The standard InChI is InChI=1S/C16H19F2N3O2/c17-16(18)10-19-9-8-13(16)11-4-6-12(7-5-11)20-21-14(22)2-1-3-15(21)23/h4-7,13,19-20H,1-3,8-10H2. The molecule has 1 atom stereocenters. The number of hydrazine groups is 1. The molecule has 2 fully saturated rings. The molecule has 0 saturated carbocycles. The molecule has 2 heterocycles. The molecular weight excluding hydrogens is 304 g/mol. The van der Waals surface area contributed by atoms with Gasteiger partial charge in [-0.15, -0.1) is 0 Å². The van der Waals surface area contributed by atoms with Crippen molar-refractivity contribution in [3.05, 3.63) is 29.8 Å². The largest absolute Gasteiger partial charge is 0.311 e. The van der Waals surface area contributed by atoms with Crippen molar-refractivity contribution in [2.75, 3.05) is 18.5 Å². The molecule has 2 amide bonds. The highest BCUT2D eigenvalue weighted by molar-refractivity contribution is 5.98. The Bertz CT molecular complexity index is 588. The molecule has 2 aliphatic heterocycles. The average Bonchev–Trinajstić information content (AvgIpc) is 2.52. The fourth-order valence-electron chi connectivity index (χ4n) is 3.04. The van der Waals surface area contributed by atoms with Crippen LogP contribution in [0, 0.1) is 0 Å². The van der Waals surface area contributed by atoms with Crippen molar-refractivity contribution in [3.63, 3.8) is 0 Å². The first-order valence-corrected chi connectivity index (χ1v) is 7.78. The second-order valence-corrected chi connectivity index (χ2v) is 5.99. The summed E-state index contributed by atoms with van der Waals surface area (Å²) in [6.45, 7) is 0.255. The number of piperidine rings is 2. The normalized spacial score (nSPS) is 24.6. The smallest absolute Gasteiger partial charge is 0.267 e. The van der Waals surface area contributed by atoms with E-state index in [1.807, 2.05) is 0 Å². The topological polar surface area (TPSA) is 61.4 Å². The number of imide groups is 1. The van der Waals surface area contributed by atoms with E-state index in [-0.39, 0.29) is 18.4 Å². The van der Waals surface area contributed by atoms with Crippen LogP contribution in [0.25, 0.3) is 0 Å². The van der Waals surface area contributed by atoms with Crippen molar-refractivity contribution in [3.8, 4) is 0 Å². The Balaban J connectivity index is 1.72. The average molecular weight is 323 g/mol. The molecule has 1 aromatic rings. The molecule has 2 saturated heterocycles. The SMILES string of the molecule is O=C1CCCC(=O)N1Nc1ccc(C2CCNCC2(F)F)cc1. The Morgan fingerprint density at radius 3 is 2.39 bits per heavy atom. The second-order valence-electron chi connectivity index (χ2n) is 5.99. The number of carbonyl (C=O) groups is 2.